The lowest BCUT2D eigenvalue weighted by Gasteiger charge is -2.20. The van der Waals surface area contributed by atoms with E-state index >= 15 is 0 Å². The first kappa shape index (κ1) is 15.4. The van der Waals surface area contributed by atoms with Gasteiger partial charge in [-0.1, -0.05) is 13.3 Å². The SMILES string of the molecule is CCCC(CN)CCCC(=O)OC(C)(C)C. The summed E-state index contributed by atoms with van der Waals surface area (Å²) < 4.78 is 5.24. The molecule has 3 heteroatoms. The van der Waals surface area contributed by atoms with Gasteiger partial charge >= 0.3 is 5.97 Å². The fraction of sp³-hybridized carbons (Fsp3) is 0.923. The molecule has 0 heterocycles. The minimum Gasteiger partial charge on any atom is -0.460 e. The maximum Gasteiger partial charge on any atom is 0.306 e. The van der Waals surface area contributed by atoms with Gasteiger partial charge in [-0.25, -0.2) is 0 Å². The zero-order valence-electron chi connectivity index (χ0n) is 11.2. The van der Waals surface area contributed by atoms with Crippen LogP contribution in [0.4, 0.5) is 0 Å². The van der Waals surface area contributed by atoms with E-state index in [2.05, 4.69) is 6.92 Å². The zero-order valence-corrected chi connectivity index (χ0v) is 11.2. The highest BCUT2D eigenvalue weighted by molar-refractivity contribution is 5.69. The van der Waals surface area contributed by atoms with Crippen molar-refractivity contribution in [3.63, 3.8) is 0 Å². The first-order chi connectivity index (χ1) is 7.39. The van der Waals surface area contributed by atoms with Gasteiger partial charge in [0.1, 0.15) is 5.60 Å². The molecular formula is C13H27NO2. The lowest BCUT2D eigenvalue weighted by molar-refractivity contribution is -0.154. The molecule has 0 amide bonds. The predicted molar refractivity (Wildman–Crippen MR) is 67.1 cm³/mol. The molecule has 0 aliphatic rings. The summed E-state index contributed by atoms with van der Waals surface area (Å²) in [6, 6.07) is 0. The number of hydrogen-bond donors (Lipinski definition) is 1. The Labute approximate surface area is 99.7 Å². The number of esters is 1. The number of rotatable bonds is 7. The van der Waals surface area contributed by atoms with Crippen LogP contribution in [-0.4, -0.2) is 18.1 Å². The van der Waals surface area contributed by atoms with Gasteiger partial charge in [0.25, 0.3) is 0 Å². The van der Waals surface area contributed by atoms with Gasteiger partial charge in [-0.3, -0.25) is 4.79 Å². The third-order valence-corrected chi connectivity index (χ3v) is 2.44. The molecule has 1 atom stereocenters. The van der Waals surface area contributed by atoms with Crippen molar-refractivity contribution in [2.45, 2.75) is 65.4 Å². The number of nitrogens with two attached hydrogens (primary N) is 1. The normalized spacial score (nSPS) is 13.6. The maximum atomic E-state index is 11.4. The van der Waals surface area contributed by atoms with Gasteiger partial charge < -0.3 is 10.5 Å². The highest BCUT2D eigenvalue weighted by Gasteiger charge is 2.16. The summed E-state index contributed by atoms with van der Waals surface area (Å²) in [4.78, 5) is 11.4. The van der Waals surface area contributed by atoms with Gasteiger partial charge in [-0.15, -0.1) is 0 Å². The van der Waals surface area contributed by atoms with E-state index in [-0.39, 0.29) is 11.6 Å². The third kappa shape index (κ3) is 8.72. The van der Waals surface area contributed by atoms with E-state index in [0.29, 0.717) is 12.3 Å². The minimum atomic E-state index is -0.367. The van der Waals surface area contributed by atoms with E-state index < -0.39 is 0 Å². The molecule has 0 saturated carbocycles. The van der Waals surface area contributed by atoms with Crippen molar-refractivity contribution in [3.05, 3.63) is 0 Å². The molecule has 0 rings (SSSR count). The molecule has 0 aliphatic carbocycles. The number of ether oxygens (including phenoxy) is 1. The van der Waals surface area contributed by atoms with Crippen molar-refractivity contribution in [3.8, 4) is 0 Å². The van der Waals surface area contributed by atoms with Crippen molar-refractivity contribution in [1.29, 1.82) is 0 Å². The molecular weight excluding hydrogens is 202 g/mol. The smallest absolute Gasteiger partial charge is 0.306 e. The number of hydrogen-bond acceptors (Lipinski definition) is 3. The monoisotopic (exact) mass is 229 g/mol. The van der Waals surface area contributed by atoms with Crippen LogP contribution in [0.5, 0.6) is 0 Å². The Morgan fingerprint density at radius 1 is 1.31 bits per heavy atom. The molecule has 16 heavy (non-hydrogen) atoms. The Morgan fingerprint density at radius 2 is 1.94 bits per heavy atom. The van der Waals surface area contributed by atoms with Crippen molar-refractivity contribution >= 4 is 5.97 Å². The minimum absolute atomic E-state index is 0.0974. The van der Waals surface area contributed by atoms with E-state index in [1.165, 1.54) is 0 Å². The first-order valence-electron chi connectivity index (χ1n) is 6.31. The van der Waals surface area contributed by atoms with Gasteiger partial charge in [0, 0.05) is 6.42 Å². The fourth-order valence-corrected chi connectivity index (χ4v) is 1.72. The topological polar surface area (TPSA) is 52.3 Å². The molecule has 0 fully saturated rings. The van der Waals surface area contributed by atoms with Gasteiger partial charge in [-0.2, -0.15) is 0 Å². The van der Waals surface area contributed by atoms with Crippen LogP contribution in [-0.2, 0) is 9.53 Å². The second-order valence-corrected chi connectivity index (χ2v) is 5.37. The molecule has 3 nitrogen and oxygen atoms in total. The summed E-state index contributed by atoms with van der Waals surface area (Å²) in [6.07, 6.45) is 4.75. The van der Waals surface area contributed by atoms with E-state index in [4.69, 9.17) is 10.5 Å². The number of carbonyl (C=O) groups excluding carboxylic acids is 1. The van der Waals surface area contributed by atoms with Crippen molar-refractivity contribution in [1.82, 2.24) is 0 Å². The number of carbonyl (C=O) groups is 1. The molecule has 0 radical (unpaired) electrons. The summed E-state index contributed by atoms with van der Waals surface area (Å²) in [6.45, 7) is 8.57. The van der Waals surface area contributed by atoms with Gasteiger partial charge in [0.05, 0.1) is 0 Å². The Hall–Kier alpha value is -0.570. The second-order valence-electron chi connectivity index (χ2n) is 5.37. The molecule has 0 saturated heterocycles. The quantitative estimate of drug-likeness (QED) is 0.683. The Kier molecular flexibility index (Phi) is 7.39. The third-order valence-electron chi connectivity index (χ3n) is 2.44. The van der Waals surface area contributed by atoms with Gasteiger partial charge in [-0.05, 0) is 52.5 Å². The van der Waals surface area contributed by atoms with Crippen LogP contribution in [0.15, 0.2) is 0 Å². The van der Waals surface area contributed by atoms with Crippen LogP contribution < -0.4 is 5.73 Å². The van der Waals surface area contributed by atoms with Gasteiger partial charge in [0.15, 0.2) is 0 Å². The summed E-state index contributed by atoms with van der Waals surface area (Å²) in [7, 11) is 0. The van der Waals surface area contributed by atoms with Gasteiger partial charge in [0.2, 0.25) is 0 Å². The first-order valence-corrected chi connectivity index (χ1v) is 6.31. The standard InChI is InChI=1S/C13H27NO2/c1-5-7-11(10-14)8-6-9-12(15)16-13(2,3)4/h11H,5-10,14H2,1-4H3. The molecule has 2 N–H and O–H groups in total. The molecule has 0 aromatic heterocycles. The Bertz CT molecular complexity index is 197. The van der Waals surface area contributed by atoms with Crippen LogP contribution in [0.3, 0.4) is 0 Å². The maximum absolute atomic E-state index is 11.4. The van der Waals surface area contributed by atoms with E-state index in [0.717, 1.165) is 32.2 Å². The molecule has 0 aliphatic heterocycles. The van der Waals surface area contributed by atoms with Crippen molar-refractivity contribution in [2.75, 3.05) is 6.54 Å². The summed E-state index contributed by atoms with van der Waals surface area (Å²) in [5.41, 5.74) is 5.29. The van der Waals surface area contributed by atoms with Crippen LogP contribution >= 0.6 is 0 Å². The highest BCUT2D eigenvalue weighted by atomic mass is 16.6. The molecule has 0 bridgehead atoms. The molecule has 96 valence electrons. The van der Waals surface area contributed by atoms with Crippen molar-refractivity contribution < 1.29 is 9.53 Å². The average Bonchev–Trinajstić information content (AvgIpc) is 2.13. The van der Waals surface area contributed by atoms with Crippen LogP contribution in [0.1, 0.15) is 59.8 Å². The fourth-order valence-electron chi connectivity index (χ4n) is 1.72. The Morgan fingerprint density at radius 3 is 2.38 bits per heavy atom. The highest BCUT2D eigenvalue weighted by Crippen LogP contribution is 2.15. The lowest BCUT2D eigenvalue weighted by Crippen LogP contribution is -2.24. The van der Waals surface area contributed by atoms with Crippen LogP contribution in [0.25, 0.3) is 0 Å². The average molecular weight is 229 g/mol. The largest absolute Gasteiger partial charge is 0.460 e. The van der Waals surface area contributed by atoms with Crippen LogP contribution in [0.2, 0.25) is 0 Å². The zero-order chi connectivity index (χ0) is 12.6. The molecule has 0 spiro atoms. The summed E-state index contributed by atoms with van der Waals surface area (Å²) >= 11 is 0. The summed E-state index contributed by atoms with van der Waals surface area (Å²) in [5, 5.41) is 0. The molecule has 0 aromatic rings. The second kappa shape index (κ2) is 7.66. The Balaban J connectivity index is 3.68. The molecule has 1 unspecified atom stereocenters. The van der Waals surface area contributed by atoms with Crippen molar-refractivity contribution in [2.24, 2.45) is 11.7 Å². The predicted octanol–water partition coefficient (Wildman–Crippen LogP) is 2.87. The van der Waals surface area contributed by atoms with E-state index in [9.17, 15) is 4.79 Å². The lowest BCUT2D eigenvalue weighted by atomic mass is 9.97. The summed E-state index contributed by atoms with van der Waals surface area (Å²) in [5.74, 6) is 0.465. The van der Waals surface area contributed by atoms with E-state index in [1.807, 2.05) is 20.8 Å². The van der Waals surface area contributed by atoms with E-state index in [1.54, 1.807) is 0 Å². The van der Waals surface area contributed by atoms with Crippen LogP contribution in [0, 0.1) is 5.92 Å². The molecule has 0 aromatic carbocycles.